The van der Waals surface area contributed by atoms with Crippen LogP contribution < -0.4 is 0 Å². The summed E-state index contributed by atoms with van der Waals surface area (Å²) in [6.45, 7) is 0. The van der Waals surface area contributed by atoms with E-state index in [1.165, 1.54) is 0 Å². The largest absolute Gasteiger partial charge is 0.787 e. The second kappa shape index (κ2) is 4.38. The number of fused-ring (bicyclic) bond motifs is 2. The van der Waals surface area contributed by atoms with Crippen molar-refractivity contribution in [3.05, 3.63) is 47.2 Å². The molecule has 1 N–H and O–H groups in total. The van der Waals surface area contributed by atoms with E-state index in [-0.39, 0.29) is 14.4 Å². The van der Waals surface area contributed by atoms with Crippen molar-refractivity contribution in [2.45, 2.75) is 5.66 Å². The van der Waals surface area contributed by atoms with Crippen molar-refractivity contribution < 1.29 is 5.21 Å². The standard InChI is InChI=1S/C12H9N4O2P2/c17-15-13-9-5-1-3-7(11(9)19-15)8-4-2-6-10-12(8)20-16(18)14-10/h1-6,11,17,19H/q-1. The molecule has 2 atom stereocenters. The van der Waals surface area contributed by atoms with Crippen LogP contribution in [0, 0.1) is 5.21 Å². The second-order valence-electron chi connectivity index (χ2n) is 4.48. The van der Waals surface area contributed by atoms with Crippen LogP contribution in [0.5, 0.6) is 0 Å². The number of allylic oxidation sites excluding steroid dienone is 4. The lowest BCUT2D eigenvalue weighted by Crippen LogP contribution is -2.14. The van der Waals surface area contributed by atoms with E-state index in [4.69, 9.17) is 0 Å². The van der Waals surface area contributed by atoms with Gasteiger partial charge in [0.15, 0.2) is 0 Å². The molecule has 2 aliphatic rings. The Bertz CT molecular complexity index is 796. The Morgan fingerprint density at radius 1 is 1.40 bits per heavy atom. The fraction of sp³-hybridized carbons (Fsp3) is 0.0833. The smallest absolute Gasteiger partial charge is 0.0975 e. The minimum Gasteiger partial charge on any atom is -0.787 e. The number of aromatic nitrogens is 2. The van der Waals surface area contributed by atoms with E-state index in [1.54, 1.807) is 0 Å². The third kappa shape index (κ3) is 1.77. The highest BCUT2D eigenvalue weighted by Crippen LogP contribution is 2.44. The molecular formula is C12H9N4O2P2-. The number of hydrogen-bond donors (Lipinski definition) is 1. The molecule has 1 aliphatic carbocycles. The van der Waals surface area contributed by atoms with E-state index in [0.717, 1.165) is 32.4 Å². The van der Waals surface area contributed by atoms with Crippen LogP contribution in [0.3, 0.4) is 0 Å². The molecule has 20 heavy (non-hydrogen) atoms. The highest BCUT2D eigenvalue weighted by molar-refractivity contribution is 7.39. The van der Waals surface area contributed by atoms with Crippen molar-refractivity contribution in [3.8, 4) is 0 Å². The summed E-state index contributed by atoms with van der Waals surface area (Å²) in [6, 6.07) is 5.73. The van der Waals surface area contributed by atoms with Gasteiger partial charge in [0.2, 0.25) is 0 Å². The molecule has 2 unspecified atom stereocenters. The Morgan fingerprint density at radius 2 is 2.30 bits per heavy atom. The summed E-state index contributed by atoms with van der Waals surface area (Å²) in [4.78, 5) is 0.995. The number of benzene rings is 1. The third-order valence-electron chi connectivity index (χ3n) is 3.31. The highest BCUT2D eigenvalue weighted by Gasteiger charge is 2.31. The predicted octanol–water partition coefficient (Wildman–Crippen LogP) is 2.94. The quantitative estimate of drug-likeness (QED) is 0.822. The summed E-state index contributed by atoms with van der Waals surface area (Å²) in [7, 11) is 0.710. The van der Waals surface area contributed by atoms with Gasteiger partial charge in [0, 0.05) is 17.1 Å². The monoisotopic (exact) mass is 303 g/mol. The maximum atomic E-state index is 11.4. The molecule has 0 spiro atoms. The number of hydrazone groups is 1. The summed E-state index contributed by atoms with van der Waals surface area (Å²) in [5.41, 5.74) is 3.72. The summed E-state index contributed by atoms with van der Waals surface area (Å²) in [5, 5.41) is 30.0. The molecule has 0 fully saturated rings. The van der Waals surface area contributed by atoms with Gasteiger partial charge >= 0.3 is 0 Å². The number of nitrogens with zero attached hydrogens (tertiary/aromatic N) is 4. The van der Waals surface area contributed by atoms with Gasteiger partial charge in [-0.1, -0.05) is 24.3 Å². The Labute approximate surface area is 117 Å². The molecule has 2 aromatic rings. The third-order valence-corrected chi connectivity index (χ3v) is 5.44. The van der Waals surface area contributed by atoms with Crippen LogP contribution in [0.4, 0.5) is 0 Å². The van der Waals surface area contributed by atoms with E-state index < -0.39 is 0 Å². The molecule has 0 saturated carbocycles. The van der Waals surface area contributed by atoms with Crippen LogP contribution in [-0.2, 0) is 0 Å². The van der Waals surface area contributed by atoms with Gasteiger partial charge in [-0.3, -0.25) is 9.81 Å². The maximum absolute atomic E-state index is 11.4. The normalized spacial score (nSPS) is 22.6. The molecule has 0 saturated heterocycles. The van der Waals surface area contributed by atoms with Crippen LogP contribution in [0.1, 0.15) is 5.56 Å². The van der Waals surface area contributed by atoms with Gasteiger partial charge in [0.05, 0.1) is 22.0 Å². The first-order chi connectivity index (χ1) is 9.72. The molecular weight excluding hydrogens is 294 g/mol. The van der Waals surface area contributed by atoms with Gasteiger partial charge < -0.3 is 5.21 Å². The van der Waals surface area contributed by atoms with Crippen LogP contribution in [0.25, 0.3) is 16.2 Å². The molecule has 100 valence electrons. The van der Waals surface area contributed by atoms with Crippen molar-refractivity contribution in [2.24, 2.45) is 5.10 Å². The van der Waals surface area contributed by atoms with Crippen molar-refractivity contribution in [1.29, 1.82) is 0 Å². The van der Waals surface area contributed by atoms with Crippen LogP contribution >= 0.6 is 17.1 Å². The lowest BCUT2D eigenvalue weighted by atomic mass is 9.95. The summed E-state index contributed by atoms with van der Waals surface area (Å²) < 4.78 is 0.678. The van der Waals surface area contributed by atoms with Crippen molar-refractivity contribution in [3.63, 3.8) is 0 Å². The predicted molar refractivity (Wildman–Crippen MR) is 81.3 cm³/mol. The van der Waals surface area contributed by atoms with E-state index in [9.17, 15) is 10.4 Å². The number of rotatable bonds is 1. The van der Waals surface area contributed by atoms with Crippen LogP contribution in [-0.4, -0.2) is 31.2 Å². The van der Waals surface area contributed by atoms with Crippen molar-refractivity contribution in [2.75, 3.05) is 0 Å². The molecule has 1 aromatic carbocycles. The molecule has 6 nitrogen and oxygen atoms in total. The average Bonchev–Trinajstić information content (AvgIpc) is 2.98. The molecule has 0 bridgehead atoms. The Morgan fingerprint density at radius 3 is 3.20 bits per heavy atom. The van der Waals surface area contributed by atoms with E-state index >= 15 is 0 Å². The minimum absolute atomic E-state index is 0.0624. The van der Waals surface area contributed by atoms with Gasteiger partial charge in [0.1, 0.15) is 0 Å². The van der Waals surface area contributed by atoms with Gasteiger partial charge in [-0.2, -0.15) is 15.1 Å². The summed E-state index contributed by atoms with van der Waals surface area (Å²) in [6.07, 6.45) is 5.85. The minimum atomic E-state index is 0.0624. The van der Waals surface area contributed by atoms with Crippen molar-refractivity contribution >= 4 is 39.0 Å². The Kier molecular flexibility index (Phi) is 2.64. The number of hydrogen-bond acceptors (Lipinski definition) is 5. The highest BCUT2D eigenvalue weighted by atomic mass is 31.1. The lowest BCUT2D eigenvalue weighted by molar-refractivity contribution is 0.0178. The molecule has 1 aromatic heterocycles. The molecule has 0 radical (unpaired) electrons. The fourth-order valence-corrected chi connectivity index (χ4v) is 4.40. The zero-order valence-electron chi connectivity index (χ0n) is 10.1. The molecule has 4 rings (SSSR count). The topological polar surface area (TPSA) is 76.7 Å². The summed E-state index contributed by atoms with van der Waals surface area (Å²) in [5.74, 6) is 0. The first kappa shape index (κ1) is 12.0. The van der Waals surface area contributed by atoms with E-state index in [2.05, 4.69) is 10.2 Å². The van der Waals surface area contributed by atoms with Gasteiger partial charge in [-0.15, -0.1) is 0 Å². The average molecular weight is 303 g/mol. The first-order valence-corrected chi connectivity index (χ1v) is 7.85. The Balaban J connectivity index is 1.89. The Hall–Kier alpha value is -1.74. The van der Waals surface area contributed by atoms with E-state index in [0.29, 0.717) is 13.0 Å². The molecule has 1 aliphatic heterocycles. The van der Waals surface area contributed by atoms with Crippen LogP contribution in [0.2, 0.25) is 0 Å². The maximum Gasteiger partial charge on any atom is 0.0975 e. The molecule has 2 heterocycles. The zero-order chi connectivity index (χ0) is 13.7. The van der Waals surface area contributed by atoms with Crippen molar-refractivity contribution in [1.82, 2.24) is 14.6 Å². The van der Waals surface area contributed by atoms with Crippen LogP contribution in [0.15, 0.2) is 41.5 Å². The second-order valence-corrected chi connectivity index (χ2v) is 6.71. The summed E-state index contributed by atoms with van der Waals surface area (Å²) >= 11 is 0. The SMILES string of the molecule is [O-]n1nc2cccc(C3=CC=CC4=NN(O)PC34)c2p1. The van der Waals surface area contributed by atoms with Gasteiger partial charge in [0.25, 0.3) is 0 Å². The fourth-order valence-electron chi connectivity index (χ4n) is 2.48. The molecule has 8 heteroatoms. The first-order valence-electron chi connectivity index (χ1n) is 5.98. The zero-order valence-corrected chi connectivity index (χ0v) is 12.0. The molecule has 0 amide bonds. The van der Waals surface area contributed by atoms with Gasteiger partial charge in [-0.05, 0) is 23.3 Å². The van der Waals surface area contributed by atoms with E-state index in [1.807, 2.05) is 36.4 Å². The van der Waals surface area contributed by atoms with Gasteiger partial charge in [-0.25, -0.2) is 0 Å². The lowest BCUT2D eigenvalue weighted by Gasteiger charge is -2.18.